The van der Waals surface area contributed by atoms with Gasteiger partial charge in [-0.25, -0.2) is 0 Å². The zero-order chi connectivity index (χ0) is 15.3. The molecule has 21 heavy (non-hydrogen) atoms. The van der Waals surface area contributed by atoms with Crippen molar-refractivity contribution in [3.8, 4) is 0 Å². The Morgan fingerprint density at radius 1 is 1.33 bits per heavy atom. The van der Waals surface area contributed by atoms with E-state index in [9.17, 15) is 4.79 Å². The molecule has 1 unspecified atom stereocenters. The molecule has 1 N–H and O–H groups in total. The fourth-order valence-corrected chi connectivity index (χ4v) is 4.57. The molecule has 1 aromatic rings. The maximum atomic E-state index is 13.1. The quantitative estimate of drug-likeness (QED) is 0.900. The van der Waals surface area contributed by atoms with Crippen LogP contribution in [0.3, 0.4) is 0 Å². The Morgan fingerprint density at radius 2 is 2.00 bits per heavy atom. The predicted molar refractivity (Wildman–Crippen MR) is 87.3 cm³/mol. The molecule has 116 valence electrons. The molecule has 0 bridgehead atoms. The third-order valence-electron chi connectivity index (χ3n) is 4.53. The minimum Gasteiger partial charge on any atom is -0.320 e. The van der Waals surface area contributed by atoms with Crippen LogP contribution >= 0.6 is 11.3 Å². The first kappa shape index (κ1) is 15.0. The Morgan fingerprint density at radius 3 is 2.52 bits per heavy atom. The van der Waals surface area contributed by atoms with Crippen LogP contribution in [0.15, 0.2) is 12.1 Å². The van der Waals surface area contributed by atoms with E-state index in [0.29, 0.717) is 5.91 Å². The van der Waals surface area contributed by atoms with Crippen LogP contribution in [0.2, 0.25) is 0 Å². The molecule has 1 saturated carbocycles. The van der Waals surface area contributed by atoms with Gasteiger partial charge in [0.15, 0.2) is 0 Å². The molecule has 1 saturated heterocycles. The Kier molecular flexibility index (Phi) is 3.65. The molecule has 2 aliphatic rings. The van der Waals surface area contributed by atoms with Crippen LogP contribution in [0.5, 0.6) is 0 Å². The molecular weight excluding hydrogens is 280 g/mol. The van der Waals surface area contributed by atoms with Crippen LogP contribution in [0.4, 0.5) is 0 Å². The van der Waals surface area contributed by atoms with Crippen molar-refractivity contribution in [1.82, 2.24) is 10.2 Å². The van der Waals surface area contributed by atoms with E-state index >= 15 is 0 Å². The molecule has 1 aromatic heterocycles. The Bertz CT molecular complexity index is 537. The summed E-state index contributed by atoms with van der Waals surface area (Å²) in [7, 11) is 0. The number of nitrogens with zero attached hydrogens (tertiary/aromatic N) is 1. The smallest absolute Gasteiger partial charge is 0.244 e. The fraction of sp³-hybridized carbons (Fsp3) is 0.706. The average Bonchev–Trinajstić information content (AvgIpc) is 3.06. The van der Waals surface area contributed by atoms with Crippen molar-refractivity contribution in [2.75, 3.05) is 6.54 Å². The SMILES string of the molecule is Cc1ccc(C2NC3(CCCC3)C(=O)N2CC(C)(C)C)s1. The van der Waals surface area contributed by atoms with Crippen LogP contribution < -0.4 is 5.32 Å². The van der Waals surface area contributed by atoms with Crippen molar-refractivity contribution in [2.45, 2.75) is 65.1 Å². The molecule has 1 spiro atoms. The number of hydrogen-bond acceptors (Lipinski definition) is 3. The monoisotopic (exact) mass is 306 g/mol. The highest BCUT2D eigenvalue weighted by Crippen LogP contribution is 2.43. The van der Waals surface area contributed by atoms with Gasteiger partial charge in [0, 0.05) is 16.3 Å². The van der Waals surface area contributed by atoms with Gasteiger partial charge >= 0.3 is 0 Å². The van der Waals surface area contributed by atoms with Crippen LogP contribution in [-0.4, -0.2) is 22.9 Å². The zero-order valence-electron chi connectivity index (χ0n) is 13.5. The van der Waals surface area contributed by atoms with E-state index in [0.717, 1.165) is 32.2 Å². The second-order valence-corrected chi connectivity index (χ2v) is 9.10. The summed E-state index contributed by atoms with van der Waals surface area (Å²) in [5.41, 5.74) is -0.167. The lowest BCUT2D eigenvalue weighted by Gasteiger charge is -2.30. The van der Waals surface area contributed by atoms with Gasteiger partial charge in [0.25, 0.3) is 0 Å². The highest BCUT2D eigenvalue weighted by Gasteiger charge is 2.53. The number of amides is 1. The van der Waals surface area contributed by atoms with E-state index < -0.39 is 0 Å². The largest absolute Gasteiger partial charge is 0.320 e. The average molecular weight is 306 g/mol. The van der Waals surface area contributed by atoms with Crippen molar-refractivity contribution in [1.29, 1.82) is 0 Å². The van der Waals surface area contributed by atoms with Gasteiger partial charge in [-0.1, -0.05) is 33.6 Å². The lowest BCUT2D eigenvalue weighted by molar-refractivity contribution is -0.134. The van der Waals surface area contributed by atoms with E-state index in [4.69, 9.17) is 0 Å². The first-order chi connectivity index (χ1) is 9.81. The van der Waals surface area contributed by atoms with E-state index in [1.165, 1.54) is 9.75 Å². The molecule has 1 amide bonds. The van der Waals surface area contributed by atoms with Crippen LogP contribution in [-0.2, 0) is 4.79 Å². The Hall–Kier alpha value is -0.870. The van der Waals surface area contributed by atoms with Crippen molar-refractivity contribution >= 4 is 17.2 Å². The summed E-state index contributed by atoms with van der Waals surface area (Å²) in [5, 5.41) is 3.71. The van der Waals surface area contributed by atoms with Gasteiger partial charge < -0.3 is 4.90 Å². The molecule has 2 fully saturated rings. The Labute approximate surface area is 131 Å². The van der Waals surface area contributed by atoms with Gasteiger partial charge in [-0.15, -0.1) is 11.3 Å². The molecule has 1 aliphatic heterocycles. The van der Waals surface area contributed by atoms with Gasteiger partial charge in [-0.05, 0) is 37.3 Å². The van der Waals surface area contributed by atoms with Crippen molar-refractivity contribution in [3.63, 3.8) is 0 Å². The van der Waals surface area contributed by atoms with Crippen molar-refractivity contribution < 1.29 is 4.79 Å². The van der Waals surface area contributed by atoms with Gasteiger partial charge in [0.2, 0.25) is 5.91 Å². The van der Waals surface area contributed by atoms with Crippen LogP contribution in [0.1, 0.15) is 62.4 Å². The van der Waals surface area contributed by atoms with Crippen LogP contribution in [0, 0.1) is 12.3 Å². The third-order valence-corrected chi connectivity index (χ3v) is 5.58. The molecule has 3 nitrogen and oxygen atoms in total. The summed E-state index contributed by atoms with van der Waals surface area (Å²) in [6.45, 7) is 9.55. The highest BCUT2D eigenvalue weighted by atomic mass is 32.1. The maximum Gasteiger partial charge on any atom is 0.244 e. The van der Waals surface area contributed by atoms with Gasteiger partial charge in [0.05, 0.1) is 5.54 Å². The van der Waals surface area contributed by atoms with E-state index in [-0.39, 0.29) is 17.1 Å². The van der Waals surface area contributed by atoms with Gasteiger partial charge in [-0.3, -0.25) is 10.1 Å². The number of hydrogen-bond donors (Lipinski definition) is 1. The number of carbonyl (C=O) groups is 1. The minimum absolute atomic E-state index is 0.0634. The molecule has 0 aromatic carbocycles. The minimum atomic E-state index is -0.284. The summed E-state index contributed by atoms with van der Waals surface area (Å²) in [6.07, 6.45) is 4.38. The number of nitrogens with one attached hydrogen (secondary N) is 1. The Balaban J connectivity index is 1.93. The molecule has 3 rings (SSSR count). The summed E-state index contributed by atoms with van der Waals surface area (Å²) in [5.74, 6) is 0.325. The lowest BCUT2D eigenvalue weighted by Crippen LogP contribution is -2.44. The fourth-order valence-electron chi connectivity index (χ4n) is 3.63. The van der Waals surface area contributed by atoms with Crippen LogP contribution in [0.25, 0.3) is 0 Å². The first-order valence-corrected chi connectivity index (χ1v) is 8.78. The second-order valence-electron chi connectivity index (χ2n) is 7.78. The second kappa shape index (κ2) is 5.10. The van der Waals surface area contributed by atoms with Gasteiger partial charge in [0.1, 0.15) is 6.17 Å². The number of rotatable bonds is 2. The first-order valence-electron chi connectivity index (χ1n) is 7.96. The molecule has 0 radical (unpaired) electrons. The molecular formula is C17H26N2OS. The zero-order valence-corrected chi connectivity index (χ0v) is 14.3. The summed E-state index contributed by atoms with van der Waals surface area (Å²) in [4.78, 5) is 17.7. The summed E-state index contributed by atoms with van der Waals surface area (Å²) >= 11 is 1.80. The number of carbonyl (C=O) groups excluding carboxylic acids is 1. The van der Waals surface area contributed by atoms with E-state index in [2.05, 4.69) is 50.0 Å². The molecule has 1 atom stereocenters. The summed E-state index contributed by atoms with van der Waals surface area (Å²) < 4.78 is 0. The topological polar surface area (TPSA) is 32.3 Å². The number of thiophene rings is 1. The maximum absolute atomic E-state index is 13.1. The summed E-state index contributed by atoms with van der Waals surface area (Å²) in [6, 6.07) is 4.33. The molecule has 2 heterocycles. The normalized spacial score (nSPS) is 25.2. The molecule has 4 heteroatoms. The standard InChI is InChI=1S/C17H26N2OS/c1-12-7-8-13(21-12)14-18-17(9-5-6-10-17)15(20)19(14)11-16(2,3)4/h7-8,14,18H,5-6,9-11H2,1-4H3. The van der Waals surface area contributed by atoms with Crippen molar-refractivity contribution in [3.05, 3.63) is 21.9 Å². The van der Waals surface area contributed by atoms with Gasteiger partial charge in [-0.2, -0.15) is 0 Å². The number of aryl methyl sites for hydroxylation is 1. The highest BCUT2D eigenvalue weighted by molar-refractivity contribution is 7.12. The predicted octanol–water partition coefficient (Wildman–Crippen LogP) is 3.85. The van der Waals surface area contributed by atoms with Crippen molar-refractivity contribution in [2.24, 2.45) is 5.41 Å². The third kappa shape index (κ3) is 2.76. The molecule has 1 aliphatic carbocycles. The van der Waals surface area contributed by atoms with E-state index in [1.54, 1.807) is 11.3 Å². The van der Waals surface area contributed by atoms with E-state index in [1.807, 2.05) is 0 Å². The lowest BCUT2D eigenvalue weighted by atomic mass is 9.94.